The summed E-state index contributed by atoms with van der Waals surface area (Å²) in [5.74, 6) is 4.52. The van der Waals surface area contributed by atoms with Crippen molar-refractivity contribution in [1.29, 1.82) is 0 Å². The maximum absolute atomic E-state index is 6.21. The van der Waals surface area contributed by atoms with Gasteiger partial charge in [0.2, 0.25) is 0 Å². The van der Waals surface area contributed by atoms with E-state index in [1.54, 1.807) is 68.7 Å². The van der Waals surface area contributed by atoms with Crippen molar-refractivity contribution in [3.63, 3.8) is 0 Å². The third-order valence-electron chi connectivity index (χ3n) is 19.5. The van der Waals surface area contributed by atoms with E-state index in [0.717, 1.165) is 124 Å². The molecule has 0 radical (unpaired) electrons. The maximum Gasteiger partial charge on any atom is 0.179 e. The first-order valence-corrected chi connectivity index (χ1v) is 44.9. The molecule has 0 bridgehead atoms. The first kappa shape index (κ1) is 77.6. The minimum absolute atomic E-state index is 0.709. The first-order chi connectivity index (χ1) is 57.5. The number of hydrogen-bond acceptors (Lipinski definition) is 10. The standard InChI is InChI=1S/2C32H21N4O.C32H21N4.3ClH.3Pt/c1-2-8-23(9-3-1)24-15-17-25(18-16-24)26-21-34-35(22-26)27-10-6-11-28(20-27)36-29-12-4-5-13-30(29)37-31-14-7-19-33-32(31)36;1-2-8-23(9-3-1)24-13-15-25(16-14-24)26-21-34-35(22-26)27-17-18-31-29(20-27)36(32-12-6-7-19-33-32)28-10-4-5-11-30(28)37-31;1-2-8-23(9-3-1)24-15-17-25(18-16-24)26-21-34-35(22-26)27-10-6-11-28(20-27)36-31-14-5-4-12-29(31)30-13-7-19-33-32(30)36;;;;;;/h2*1-19,21-22H;1-19,21-22H;3*1H;;;/q3*-1;;;;3*+2/p-3. The van der Waals surface area contributed by atoms with Gasteiger partial charge in [0.25, 0.3) is 0 Å². The number of benzene rings is 12. The predicted molar refractivity (Wildman–Crippen MR) is 455 cm³/mol. The SMILES string of the molecule is [Cl][Pt+].[Cl][Pt+].[Cl][Pt+].[c-]1c(-n2cc(-c3ccc(-c4ccccc4)cc3)cn2)ccc2c1N(c1ccccn1)c1ccccc1O2.[c-]1c(-n2cc(-c3ccc(-c4ccccc4)cc3)cn2)cccc1-n1c2ccccc2c2cccnc21.[c-]1c(N2c3ccccc3Oc3cccnc32)cccc1-n1cc(-c2ccc(-c3ccccc3)cc2)cn1. The van der Waals surface area contributed by atoms with E-state index in [9.17, 15) is 0 Å². The molecule has 0 aliphatic carbocycles. The molecule has 2 aliphatic heterocycles. The molecule has 9 heterocycles. The van der Waals surface area contributed by atoms with E-state index in [-0.39, 0.29) is 0 Å². The van der Waals surface area contributed by atoms with Gasteiger partial charge in [0.15, 0.2) is 17.3 Å². The molecule has 0 fully saturated rings. The molecule has 2 aliphatic rings. The summed E-state index contributed by atoms with van der Waals surface area (Å²) in [6, 6.07) is 122. The Hall–Kier alpha value is -12.3. The molecule has 0 amide bonds. The molecule has 20 heteroatoms. The number of rotatable bonds is 12. The van der Waals surface area contributed by atoms with Gasteiger partial charge in [-0.3, -0.25) is 14.0 Å². The molecule has 570 valence electrons. The van der Waals surface area contributed by atoms with Crippen LogP contribution in [0.4, 0.5) is 34.4 Å². The van der Waals surface area contributed by atoms with Gasteiger partial charge in [-0.05, 0) is 140 Å². The van der Waals surface area contributed by atoms with E-state index in [4.69, 9.17) is 14.5 Å². The quantitative estimate of drug-likeness (QED) is 0.109. The average Bonchev–Trinajstić information content (AvgIpc) is 1.49. The molecule has 7 aromatic heterocycles. The molecule has 0 saturated heterocycles. The second-order valence-electron chi connectivity index (χ2n) is 26.3. The van der Waals surface area contributed by atoms with Gasteiger partial charge in [-0.1, -0.05) is 224 Å². The molecule has 0 saturated carbocycles. The summed E-state index contributed by atoms with van der Waals surface area (Å²) in [5.41, 5.74) is 22.7. The zero-order valence-electron chi connectivity index (χ0n) is 61.1. The van der Waals surface area contributed by atoms with Crippen LogP contribution in [0.2, 0.25) is 0 Å². The maximum atomic E-state index is 6.21. The second-order valence-corrected chi connectivity index (χ2v) is 26.3. The zero-order chi connectivity index (χ0) is 79.1. The summed E-state index contributed by atoms with van der Waals surface area (Å²) in [6.07, 6.45) is 17.2. The van der Waals surface area contributed by atoms with Crippen molar-refractivity contribution in [2.45, 2.75) is 0 Å². The minimum atomic E-state index is 0.709. The van der Waals surface area contributed by atoms with Crippen molar-refractivity contribution >= 4 is 84.6 Å². The Kier molecular flexibility index (Phi) is 24.7. The molecule has 12 aromatic carbocycles. The fourth-order valence-corrected chi connectivity index (χ4v) is 14.1. The number of para-hydroxylation sites is 5. The molecular formula is C96H63Cl3N12O2Pt3. The van der Waals surface area contributed by atoms with Crippen LogP contribution in [0.15, 0.2) is 383 Å². The smallest absolute Gasteiger partial charge is 0.179 e. The summed E-state index contributed by atoms with van der Waals surface area (Å²) < 4.78 is 20.1. The number of anilines is 6. The van der Waals surface area contributed by atoms with Gasteiger partial charge in [-0.2, -0.15) is 27.4 Å². The van der Waals surface area contributed by atoms with Gasteiger partial charge in [-0.25, -0.2) is 15.0 Å². The Morgan fingerprint density at radius 2 is 0.655 bits per heavy atom. The number of halogens is 3. The van der Waals surface area contributed by atoms with Crippen LogP contribution in [0.1, 0.15) is 0 Å². The fraction of sp³-hybridized carbons (Fsp3) is 0. The van der Waals surface area contributed by atoms with Gasteiger partial charge >= 0.3 is 84.6 Å². The number of nitrogens with zero attached hydrogens (tertiary/aromatic N) is 12. The van der Waals surface area contributed by atoms with Crippen molar-refractivity contribution < 1.29 is 65.8 Å². The molecule has 116 heavy (non-hydrogen) atoms. The first-order valence-electron chi connectivity index (χ1n) is 36.5. The van der Waals surface area contributed by atoms with Gasteiger partial charge in [0, 0.05) is 70.4 Å². The number of aromatic nitrogens is 10. The number of fused-ring (bicyclic) bond motifs is 7. The van der Waals surface area contributed by atoms with Crippen LogP contribution < -0.4 is 19.3 Å². The minimum Gasteiger partial charge on any atom is -0.513 e. The van der Waals surface area contributed by atoms with E-state index >= 15 is 0 Å². The molecule has 14 nitrogen and oxygen atoms in total. The Morgan fingerprint density at radius 1 is 0.267 bits per heavy atom. The number of pyridine rings is 3. The summed E-state index contributed by atoms with van der Waals surface area (Å²) in [4.78, 5) is 18.1. The zero-order valence-corrected chi connectivity index (χ0v) is 70.2. The van der Waals surface area contributed by atoms with Crippen LogP contribution >= 0.6 is 28.3 Å². The van der Waals surface area contributed by atoms with Crippen molar-refractivity contribution in [3.8, 4) is 113 Å². The van der Waals surface area contributed by atoms with Gasteiger partial charge < -0.3 is 23.8 Å². The summed E-state index contributed by atoms with van der Waals surface area (Å²) in [7, 11) is 13.8. The molecular weight excluding hydrogens is 2040 g/mol. The normalized spacial score (nSPS) is 11.3. The topological polar surface area (TPSA) is 122 Å². The number of hydrogen-bond donors (Lipinski definition) is 0. The monoisotopic (exact) mass is 2110 g/mol. The van der Waals surface area contributed by atoms with E-state index < -0.39 is 0 Å². The Balaban J connectivity index is 0.000000126. The molecule has 19 aromatic rings. The van der Waals surface area contributed by atoms with E-state index in [2.05, 4.69) is 274 Å². The molecule has 0 N–H and O–H groups in total. The molecule has 0 spiro atoms. The second kappa shape index (κ2) is 36.9. The Morgan fingerprint density at radius 3 is 1.18 bits per heavy atom. The van der Waals surface area contributed by atoms with Gasteiger partial charge in [0.05, 0.1) is 35.5 Å². The van der Waals surface area contributed by atoms with Crippen molar-refractivity contribution in [2.75, 3.05) is 9.80 Å². The third kappa shape index (κ3) is 16.7. The van der Waals surface area contributed by atoms with Crippen LogP contribution in [0.5, 0.6) is 23.0 Å². The van der Waals surface area contributed by atoms with Crippen molar-refractivity contribution in [1.82, 2.24) is 48.9 Å². The van der Waals surface area contributed by atoms with Gasteiger partial charge in [0.1, 0.15) is 17.2 Å². The Bertz CT molecular complexity index is 6370. The summed E-state index contributed by atoms with van der Waals surface area (Å²) in [5, 5.41) is 16.3. The predicted octanol–water partition coefficient (Wildman–Crippen LogP) is 25.5. The van der Waals surface area contributed by atoms with Crippen LogP contribution in [0.25, 0.3) is 111 Å². The Labute approximate surface area is 716 Å². The van der Waals surface area contributed by atoms with E-state index in [1.807, 2.05) is 197 Å². The largest absolute Gasteiger partial charge is 0.513 e. The average molecular weight is 2110 g/mol. The van der Waals surface area contributed by atoms with Crippen LogP contribution in [0.3, 0.4) is 0 Å². The van der Waals surface area contributed by atoms with E-state index in [1.165, 1.54) is 38.8 Å². The van der Waals surface area contributed by atoms with E-state index in [0.29, 0.717) is 5.75 Å². The number of ether oxygens (including phenoxy) is 2. The fourth-order valence-electron chi connectivity index (χ4n) is 14.1. The summed E-state index contributed by atoms with van der Waals surface area (Å²) in [6.45, 7) is 0. The van der Waals surface area contributed by atoms with Crippen LogP contribution in [0, 0.1) is 18.2 Å². The molecule has 0 unspecified atom stereocenters. The van der Waals surface area contributed by atoms with Crippen LogP contribution in [-0.2, 0) is 56.3 Å². The van der Waals surface area contributed by atoms with Crippen LogP contribution in [-0.4, -0.2) is 48.9 Å². The van der Waals surface area contributed by atoms with Crippen molar-refractivity contribution in [3.05, 3.63) is 402 Å². The van der Waals surface area contributed by atoms with Gasteiger partial charge in [-0.15, -0.1) is 54.6 Å². The third-order valence-corrected chi connectivity index (χ3v) is 19.5. The molecule has 0 atom stereocenters. The molecule has 21 rings (SSSR count). The van der Waals surface area contributed by atoms with Crippen molar-refractivity contribution in [2.24, 2.45) is 0 Å². The summed E-state index contributed by atoms with van der Waals surface area (Å²) >= 11 is 4.83.